The van der Waals surface area contributed by atoms with E-state index >= 15 is 0 Å². The third-order valence-electron chi connectivity index (χ3n) is 5.66. The average Bonchev–Trinajstić information content (AvgIpc) is 3.56. The molecule has 0 bridgehead atoms. The monoisotopic (exact) mass is 481 g/mol. The topological polar surface area (TPSA) is 78.5 Å². The second-order valence-electron chi connectivity index (χ2n) is 8.16. The third-order valence-corrected chi connectivity index (χ3v) is 7.46. The summed E-state index contributed by atoms with van der Waals surface area (Å²) < 4.78 is 0. The number of rotatable bonds is 8. The molecule has 0 radical (unpaired) electrons. The summed E-state index contributed by atoms with van der Waals surface area (Å²) in [5.74, 6) is -0.472. The van der Waals surface area contributed by atoms with Crippen LogP contribution in [0.15, 0.2) is 59.3 Å². The second kappa shape index (κ2) is 10.8. The highest BCUT2D eigenvalue weighted by Gasteiger charge is 2.35. The Bertz CT molecular complexity index is 1070. The summed E-state index contributed by atoms with van der Waals surface area (Å²) in [6.07, 6.45) is 4.37. The minimum Gasteiger partial charge on any atom is -0.351 e. The van der Waals surface area contributed by atoms with Gasteiger partial charge >= 0.3 is 0 Å². The van der Waals surface area contributed by atoms with Crippen molar-refractivity contribution >= 4 is 51.8 Å². The van der Waals surface area contributed by atoms with Gasteiger partial charge < -0.3 is 10.6 Å². The van der Waals surface area contributed by atoms with Crippen molar-refractivity contribution in [3.63, 3.8) is 0 Å². The van der Waals surface area contributed by atoms with Gasteiger partial charge in [0.15, 0.2) is 0 Å². The first-order valence-electron chi connectivity index (χ1n) is 11.1. The first-order valence-corrected chi connectivity index (χ1v) is 12.8. The van der Waals surface area contributed by atoms with Crippen molar-refractivity contribution in [1.29, 1.82) is 0 Å². The zero-order valence-electron chi connectivity index (χ0n) is 18.5. The zero-order valence-corrected chi connectivity index (χ0v) is 20.1. The number of nitrogens with zero attached hydrogens (tertiary/aromatic N) is 1. The van der Waals surface area contributed by atoms with Crippen molar-refractivity contribution in [1.82, 2.24) is 5.32 Å². The van der Waals surface area contributed by atoms with Gasteiger partial charge in [-0.3, -0.25) is 19.3 Å². The minimum absolute atomic E-state index is 0.148. The Hall–Kier alpha value is -2.97. The molecule has 33 heavy (non-hydrogen) atoms. The van der Waals surface area contributed by atoms with Gasteiger partial charge in [-0.05, 0) is 60.0 Å². The van der Waals surface area contributed by atoms with Crippen molar-refractivity contribution in [3.8, 4) is 0 Å². The van der Waals surface area contributed by atoms with Gasteiger partial charge in [-0.2, -0.15) is 0 Å². The van der Waals surface area contributed by atoms with Crippen LogP contribution < -0.4 is 15.5 Å². The highest BCUT2D eigenvalue weighted by Crippen LogP contribution is 2.33. The van der Waals surface area contributed by atoms with Crippen molar-refractivity contribution in [2.24, 2.45) is 0 Å². The van der Waals surface area contributed by atoms with E-state index in [4.69, 9.17) is 0 Å². The molecule has 1 unspecified atom stereocenters. The molecular formula is C25H27N3O3S2. The van der Waals surface area contributed by atoms with Crippen molar-refractivity contribution in [2.75, 3.05) is 10.2 Å². The summed E-state index contributed by atoms with van der Waals surface area (Å²) >= 11 is 2.99. The van der Waals surface area contributed by atoms with Crippen LogP contribution in [-0.2, 0) is 20.8 Å². The lowest BCUT2D eigenvalue weighted by molar-refractivity contribution is -0.126. The van der Waals surface area contributed by atoms with E-state index in [1.54, 1.807) is 29.2 Å². The number of hydrogen-bond donors (Lipinski definition) is 2. The van der Waals surface area contributed by atoms with E-state index in [1.807, 2.05) is 35.0 Å². The van der Waals surface area contributed by atoms with Gasteiger partial charge in [0.05, 0.1) is 6.42 Å². The Morgan fingerprint density at radius 2 is 1.70 bits per heavy atom. The van der Waals surface area contributed by atoms with Crippen molar-refractivity contribution in [3.05, 3.63) is 69.0 Å². The predicted molar refractivity (Wildman–Crippen MR) is 134 cm³/mol. The molecule has 2 aromatic heterocycles. The van der Waals surface area contributed by atoms with Crippen LogP contribution >= 0.6 is 22.7 Å². The molecular weight excluding hydrogens is 454 g/mol. The lowest BCUT2D eigenvalue weighted by Crippen LogP contribution is -2.46. The van der Waals surface area contributed by atoms with Crippen LogP contribution in [0.5, 0.6) is 0 Å². The average molecular weight is 482 g/mol. The molecule has 0 spiro atoms. The fourth-order valence-electron chi connectivity index (χ4n) is 4.16. The standard InChI is InChI=1S/C25H27N3O3S2/c1-17(29)26-19-10-12-20(13-11-19)28(23(30)16-21-8-4-14-32-21)24(22-9-5-15-33-22)25(31)27-18-6-2-3-7-18/h4-5,8-15,18,24H,2-3,6-7,16H2,1H3,(H,26,29)(H,27,31). The predicted octanol–water partition coefficient (Wildman–Crippen LogP) is 5.14. The maximum absolute atomic E-state index is 13.6. The smallest absolute Gasteiger partial charge is 0.248 e. The third kappa shape index (κ3) is 5.89. The first kappa shape index (κ1) is 23.2. The van der Waals surface area contributed by atoms with Gasteiger partial charge in [0.25, 0.3) is 0 Å². The quantitative estimate of drug-likeness (QED) is 0.467. The van der Waals surface area contributed by atoms with Gasteiger partial charge in [0.2, 0.25) is 17.7 Å². The summed E-state index contributed by atoms with van der Waals surface area (Å²) in [5, 5.41) is 9.80. The van der Waals surface area contributed by atoms with Crippen molar-refractivity contribution in [2.45, 2.75) is 51.1 Å². The molecule has 0 saturated heterocycles. The van der Waals surface area contributed by atoms with Gasteiger partial charge in [0, 0.05) is 34.1 Å². The van der Waals surface area contributed by atoms with E-state index in [-0.39, 0.29) is 30.2 Å². The number of hydrogen-bond acceptors (Lipinski definition) is 5. The number of anilines is 2. The van der Waals surface area contributed by atoms with Gasteiger partial charge in [-0.25, -0.2) is 0 Å². The largest absolute Gasteiger partial charge is 0.351 e. The maximum Gasteiger partial charge on any atom is 0.248 e. The molecule has 2 N–H and O–H groups in total. The molecule has 4 rings (SSSR count). The Morgan fingerprint density at radius 3 is 2.30 bits per heavy atom. The van der Waals surface area contributed by atoms with E-state index in [1.165, 1.54) is 29.6 Å². The molecule has 1 saturated carbocycles. The summed E-state index contributed by atoms with van der Waals surface area (Å²) in [6.45, 7) is 1.45. The molecule has 1 aliphatic rings. The summed E-state index contributed by atoms with van der Waals surface area (Å²) in [5.41, 5.74) is 1.26. The number of benzene rings is 1. The normalized spacial score (nSPS) is 14.6. The number of thiophene rings is 2. The molecule has 1 aliphatic carbocycles. The fourth-order valence-corrected chi connectivity index (χ4v) is 5.67. The lowest BCUT2D eigenvalue weighted by atomic mass is 10.1. The molecule has 0 aliphatic heterocycles. The van der Waals surface area contributed by atoms with Crippen molar-refractivity contribution < 1.29 is 14.4 Å². The number of carbonyl (C=O) groups excluding carboxylic acids is 3. The molecule has 3 amide bonds. The van der Waals surface area contributed by atoms with E-state index < -0.39 is 6.04 Å². The summed E-state index contributed by atoms with van der Waals surface area (Å²) in [6, 6.07) is 14.1. The zero-order chi connectivity index (χ0) is 23.2. The second-order valence-corrected chi connectivity index (χ2v) is 10.2. The Balaban J connectivity index is 1.70. The van der Waals surface area contributed by atoms with Crippen LogP contribution in [0.4, 0.5) is 11.4 Å². The fraction of sp³-hybridized carbons (Fsp3) is 0.320. The summed E-state index contributed by atoms with van der Waals surface area (Å²) in [7, 11) is 0. The minimum atomic E-state index is -0.760. The molecule has 1 aromatic carbocycles. The van der Waals surface area contributed by atoms with Crippen LogP contribution in [0, 0.1) is 0 Å². The highest BCUT2D eigenvalue weighted by atomic mass is 32.1. The van der Waals surface area contributed by atoms with Crippen LogP contribution in [0.3, 0.4) is 0 Å². The van der Waals surface area contributed by atoms with Crippen LogP contribution in [-0.4, -0.2) is 23.8 Å². The van der Waals surface area contributed by atoms with Crippen LogP contribution in [0.25, 0.3) is 0 Å². The molecule has 3 aromatic rings. The van der Waals surface area contributed by atoms with Gasteiger partial charge in [-0.15, -0.1) is 22.7 Å². The van der Waals surface area contributed by atoms with E-state index in [0.29, 0.717) is 11.4 Å². The lowest BCUT2D eigenvalue weighted by Gasteiger charge is -2.31. The van der Waals surface area contributed by atoms with Crippen LogP contribution in [0.1, 0.15) is 48.4 Å². The van der Waals surface area contributed by atoms with Gasteiger partial charge in [-0.1, -0.05) is 25.0 Å². The van der Waals surface area contributed by atoms with E-state index in [9.17, 15) is 14.4 Å². The van der Waals surface area contributed by atoms with Gasteiger partial charge in [0.1, 0.15) is 6.04 Å². The Kier molecular flexibility index (Phi) is 7.57. The van der Waals surface area contributed by atoms with E-state index in [0.717, 1.165) is 35.4 Å². The molecule has 1 atom stereocenters. The molecule has 6 nitrogen and oxygen atoms in total. The molecule has 8 heteroatoms. The summed E-state index contributed by atoms with van der Waals surface area (Å²) in [4.78, 5) is 42.0. The molecule has 1 fully saturated rings. The Morgan fingerprint density at radius 1 is 1.00 bits per heavy atom. The first-order chi connectivity index (χ1) is 16.0. The molecule has 172 valence electrons. The van der Waals surface area contributed by atoms with E-state index in [2.05, 4.69) is 10.6 Å². The highest BCUT2D eigenvalue weighted by molar-refractivity contribution is 7.10. The number of nitrogens with one attached hydrogen (secondary N) is 2. The Labute approximate surface area is 201 Å². The SMILES string of the molecule is CC(=O)Nc1ccc(N(C(=O)Cc2cccs2)C(C(=O)NC2CCCC2)c2cccs2)cc1. The number of amides is 3. The maximum atomic E-state index is 13.6. The van der Waals surface area contributed by atoms with Crippen LogP contribution in [0.2, 0.25) is 0 Å². The molecule has 2 heterocycles. The number of carbonyl (C=O) groups is 3.